The Kier molecular flexibility index (Phi) is 4.81. The van der Waals surface area contributed by atoms with Gasteiger partial charge in [0.15, 0.2) is 0 Å². The quantitative estimate of drug-likeness (QED) is 0.918. The number of aromatic nitrogens is 1. The average Bonchev–Trinajstić information content (AvgIpc) is 2.58. The minimum Gasteiger partial charge on any atom is -0.378 e. The smallest absolute Gasteiger partial charge is 0.223 e. The summed E-state index contributed by atoms with van der Waals surface area (Å²) in [5.74, 6) is 0.623. The Balaban J connectivity index is 1.38. The lowest BCUT2D eigenvalue weighted by molar-refractivity contribution is -0.144. The number of pyridine rings is 1. The van der Waals surface area contributed by atoms with Crippen molar-refractivity contribution in [2.24, 2.45) is 11.8 Å². The second-order valence-electron chi connectivity index (χ2n) is 7.42. The van der Waals surface area contributed by atoms with Gasteiger partial charge in [-0.1, -0.05) is 12.5 Å². The molecule has 1 aromatic heterocycles. The molecule has 5 heteroatoms. The van der Waals surface area contributed by atoms with Gasteiger partial charge < -0.3 is 10.1 Å². The maximum Gasteiger partial charge on any atom is 0.223 e. The maximum atomic E-state index is 12.8. The Labute approximate surface area is 143 Å². The van der Waals surface area contributed by atoms with Crippen molar-refractivity contribution < 1.29 is 9.53 Å². The second kappa shape index (κ2) is 7.19. The molecule has 1 N–H and O–H groups in total. The summed E-state index contributed by atoms with van der Waals surface area (Å²) in [5, 5.41) is 3.12. The number of hydrogen-bond donors (Lipinski definition) is 1. The van der Waals surface area contributed by atoms with Crippen LogP contribution >= 0.6 is 0 Å². The first-order valence-corrected chi connectivity index (χ1v) is 9.33. The monoisotopic (exact) mass is 329 g/mol. The highest BCUT2D eigenvalue weighted by Crippen LogP contribution is 2.36. The van der Waals surface area contributed by atoms with Crippen LogP contribution in [0.15, 0.2) is 24.5 Å². The second-order valence-corrected chi connectivity index (χ2v) is 7.42. The summed E-state index contributed by atoms with van der Waals surface area (Å²) in [6.45, 7) is 3.44. The maximum absolute atomic E-state index is 12.8. The first-order valence-electron chi connectivity index (χ1n) is 9.33. The third-order valence-electron chi connectivity index (χ3n) is 6.02. The number of carbonyl (C=O) groups is 1. The molecular formula is C19H27N3O2. The van der Waals surface area contributed by atoms with Crippen molar-refractivity contribution in [2.75, 3.05) is 19.7 Å². The van der Waals surface area contributed by atoms with Crippen molar-refractivity contribution in [1.82, 2.24) is 15.2 Å². The number of likely N-dealkylation sites (tertiary alicyclic amines) is 1. The van der Waals surface area contributed by atoms with Crippen molar-refractivity contribution in [3.63, 3.8) is 0 Å². The fourth-order valence-electron chi connectivity index (χ4n) is 4.37. The van der Waals surface area contributed by atoms with Crippen LogP contribution in [-0.4, -0.2) is 47.6 Å². The predicted octanol–water partition coefficient (Wildman–Crippen LogP) is 1.98. The summed E-state index contributed by atoms with van der Waals surface area (Å²) in [6.07, 6.45) is 9.78. The van der Waals surface area contributed by atoms with Gasteiger partial charge in [0, 0.05) is 56.5 Å². The van der Waals surface area contributed by atoms with Crippen molar-refractivity contribution in [3.8, 4) is 0 Å². The van der Waals surface area contributed by atoms with Gasteiger partial charge in [-0.2, -0.15) is 0 Å². The molecule has 0 aromatic carbocycles. The number of rotatable bonds is 4. The molecule has 0 bridgehead atoms. The van der Waals surface area contributed by atoms with Gasteiger partial charge in [0.05, 0.1) is 6.10 Å². The summed E-state index contributed by atoms with van der Waals surface area (Å²) in [4.78, 5) is 19.5. The highest BCUT2D eigenvalue weighted by molar-refractivity contribution is 5.79. The number of ether oxygens (including phenoxy) is 1. The molecule has 130 valence electrons. The molecule has 5 nitrogen and oxygen atoms in total. The molecule has 1 saturated carbocycles. The molecular weight excluding hydrogens is 302 g/mol. The average molecular weight is 329 g/mol. The molecule has 4 rings (SSSR count). The number of amides is 1. The standard InChI is InChI=1S/C19H27N3O2/c23-19(21-12-14-3-2-8-20-11-14)16-7-10-24-18-6-9-22(13-17(16)18)15-4-1-5-15/h2-3,8,11,15-18H,1,4-7,9-10,12-13H2,(H,21,23)/t16-,17-,18-/m1/s1. The molecule has 2 saturated heterocycles. The fraction of sp³-hybridized carbons (Fsp3) is 0.684. The number of nitrogens with zero attached hydrogens (tertiary/aromatic N) is 2. The van der Waals surface area contributed by atoms with Crippen LogP contribution in [0.3, 0.4) is 0 Å². The van der Waals surface area contributed by atoms with Crippen LogP contribution < -0.4 is 5.32 Å². The molecule has 1 aromatic rings. The van der Waals surface area contributed by atoms with Crippen molar-refractivity contribution in [1.29, 1.82) is 0 Å². The van der Waals surface area contributed by atoms with Gasteiger partial charge in [-0.15, -0.1) is 0 Å². The third-order valence-corrected chi connectivity index (χ3v) is 6.02. The third kappa shape index (κ3) is 3.33. The topological polar surface area (TPSA) is 54.5 Å². The summed E-state index contributed by atoms with van der Waals surface area (Å²) >= 11 is 0. The molecule has 3 fully saturated rings. The molecule has 0 spiro atoms. The van der Waals surface area contributed by atoms with Crippen molar-refractivity contribution in [2.45, 2.75) is 50.8 Å². The Hall–Kier alpha value is -1.46. The van der Waals surface area contributed by atoms with Crippen molar-refractivity contribution in [3.05, 3.63) is 30.1 Å². The molecule has 1 aliphatic carbocycles. The molecule has 24 heavy (non-hydrogen) atoms. The largest absolute Gasteiger partial charge is 0.378 e. The van der Waals surface area contributed by atoms with Crippen LogP contribution in [0.4, 0.5) is 0 Å². The van der Waals surface area contributed by atoms with Gasteiger partial charge in [0.2, 0.25) is 5.91 Å². The van der Waals surface area contributed by atoms with E-state index >= 15 is 0 Å². The van der Waals surface area contributed by atoms with E-state index in [2.05, 4.69) is 15.2 Å². The van der Waals surface area contributed by atoms with E-state index in [1.165, 1.54) is 19.3 Å². The van der Waals surface area contributed by atoms with Crippen LogP contribution in [0.5, 0.6) is 0 Å². The molecule has 3 atom stereocenters. The first kappa shape index (κ1) is 16.0. The van der Waals surface area contributed by atoms with E-state index in [0.717, 1.165) is 44.1 Å². The van der Waals surface area contributed by atoms with E-state index < -0.39 is 0 Å². The van der Waals surface area contributed by atoms with Gasteiger partial charge >= 0.3 is 0 Å². The van der Waals surface area contributed by atoms with E-state index in [-0.39, 0.29) is 17.9 Å². The lowest BCUT2D eigenvalue weighted by Crippen LogP contribution is -2.56. The van der Waals surface area contributed by atoms with Crippen LogP contribution in [0, 0.1) is 11.8 Å². The molecule has 3 heterocycles. The van der Waals surface area contributed by atoms with E-state index in [9.17, 15) is 4.79 Å². The zero-order chi connectivity index (χ0) is 16.4. The van der Waals surface area contributed by atoms with E-state index in [1.54, 1.807) is 6.20 Å². The van der Waals surface area contributed by atoms with Crippen LogP contribution in [-0.2, 0) is 16.1 Å². The lowest BCUT2D eigenvalue weighted by atomic mass is 9.77. The van der Waals surface area contributed by atoms with E-state index in [4.69, 9.17) is 4.74 Å². The minimum atomic E-state index is 0.0864. The molecule has 2 aliphatic heterocycles. The summed E-state index contributed by atoms with van der Waals surface area (Å²) in [7, 11) is 0. The number of nitrogens with one attached hydrogen (secondary N) is 1. The van der Waals surface area contributed by atoms with Gasteiger partial charge in [-0.25, -0.2) is 0 Å². The Morgan fingerprint density at radius 1 is 1.33 bits per heavy atom. The van der Waals surface area contributed by atoms with Crippen LogP contribution in [0.1, 0.15) is 37.7 Å². The van der Waals surface area contributed by atoms with E-state index in [0.29, 0.717) is 12.5 Å². The summed E-state index contributed by atoms with van der Waals surface area (Å²) in [5.41, 5.74) is 1.05. The van der Waals surface area contributed by atoms with Gasteiger partial charge in [-0.05, 0) is 37.3 Å². The Morgan fingerprint density at radius 3 is 3.00 bits per heavy atom. The minimum absolute atomic E-state index is 0.0864. The van der Waals surface area contributed by atoms with Crippen LogP contribution in [0.2, 0.25) is 0 Å². The molecule has 0 radical (unpaired) electrons. The van der Waals surface area contributed by atoms with Crippen LogP contribution in [0.25, 0.3) is 0 Å². The van der Waals surface area contributed by atoms with Gasteiger partial charge in [0.1, 0.15) is 0 Å². The fourth-order valence-corrected chi connectivity index (χ4v) is 4.37. The molecule has 1 amide bonds. The summed E-state index contributed by atoms with van der Waals surface area (Å²) < 4.78 is 5.99. The zero-order valence-electron chi connectivity index (χ0n) is 14.2. The highest BCUT2D eigenvalue weighted by Gasteiger charge is 2.43. The first-order chi connectivity index (χ1) is 11.8. The zero-order valence-corrected chi connectivity index (χ0v) is 14.2. The Bertz CT molecular complexity index is 561. The normalized spacial score (nSPS) is 31.1. The highest BCUT2D eigenvalue weighted by atomic mass is 16.5. The van der Waals surface area contributed by atoms with E-state index in [1.807, 2.05) is 18.3 Å². The SMILES string of the molecule is O=C(NCc1cccnc1)[C@@H]1CCO[C@@H]2CCN(C3CCC3)C[C@@H]21. The lowest BCUT2D eigenvalue weighted by Gasteiger charge is -2.48. The predicted molar refractivity (Wildman–Crippen MR) is 91.2 cm³/mol. The van der Waals surface area contributed by atoms with Crippen molar-refractivity contribution >= 4 is 5.91 Å². The number of carbonyl (C=O) groups excluding carboxylic acids is 1. The number of piperidine rings is 1. The number of hydrogen-bond acceptors (Lipinski definition) is 4. The number of fused-ring (bicyclic) bond motifs is 1. The van der Waals surface area contributed by atoms with Gasteiger partial charge in [0.25, 0.3) is 0 Å². The molecule has 3 aliphatic rings. The van der Waals surface area contributed by atoms with Gasteiger partial charge in [-0.3, -0.25) is 14.7 Å². The summed E-state index contributed by atoms with van der Waals surface area (Å²) in [6, 6.07) is 4.66. The Morgan fingerprint density at radius 2 is 2.25 bits per heavy atom. The molecule has 0 unspecified atom stereocenters.